The molecule has 0 radical (unpaired) electrons. The van der Waals surface area contributed by atoms with E-state index in [1.54, 1.807) is 6.20 Å². The van der Waals surface area contributed by atoms with Gasteiger partial charge in [0.25, 0.3) is 0 Å². The minimum absolute atomic E-state index is 0.0239. The molecule has 1 aromatic rings. The van der Waals surface area contributed by atoms with Crippen molar-refractivity contribution in [3.05, 3.63) is 17.8 Å². The summed E-state index contributed by atoms with van der Waals surface area (Å²) in [4.78, 5) is 37.4. The van der Waals surface area contributed by atoms with E-state index >= 15 is 0 Å². The van der Waals surface area contributed by atoms with Gasteiger partial charge in [0.15, 0.2) is 12.8 Å². The quantitative estimate of drug-likeness (QED) is 0.287. The molecule has 3 fully saturated rings. The number of piperidine rings is 2. The average molecular weight is 555 g/mol. The van der Waals surface area contributed by atoms with Gasteiger partial charge in [-0.05, 0) is 56.1 Å². The van der Waals surface area contributed by atoms with Crippen molar-refractivity contribution in [2.75, 3.05) is 44.2 Å². The molecular formula is C30H48N7O3+. The maximum absolute atomic E-state index is 12.4. The van der Waals surface area contributed by atoms with Crippen LogP contribution in [0.2, 0.25) is 0 Å². The molecule has 3 saturated heterocycles. The topological polar surface area (TPSA) is 130 Å². The Kier molecular flexibility index (Phi) is 10.2. The summed E-state index contributed by atoms with van der Waals surface area (Å²) in [6.45, 7) is 12.6. The summed E-state index contributed by atoms with van der Waals surface area (Å²) in [5.74, 6) is 3.58. The van der Waals surface area contributed by atoms with Gasteiger partial charge in [0, 0.05) is 44.6 Å². The number of likely N-dealkylation sites (tertiary alicyclic amines) is 1. The molecule has 10 nitrogen and oxygen atoms in total. The zero-order valence-electron chi connectivity index (χ0n) is 24.7. The van der Waals surface area contributed by atoms with Gasteiger partial charge in [-0.3, -0.25) is 0 Å². The third kappa shape index (κ3) is 7.59. The van der Waals surface area contributed by atoms with Gasteiger partial charge in [-0.15, -0.1) is 0 Å². The van der Waals surface area contributed by atoms with E-state index < -0.39 is 0 Å². The minimum atomic E-state index is -0.214. The fourth-order valence-electron chi connectivity index (χ4n) is 5.92. The summed E-state index contributed by atoms with van der Waals surface area (Å²) in [5, 5.41) is 0. The largest absolute Gasteiger partial charge is 0.492 e. The van der Waals surface area contributed by atoms with Gasteiger partial charge < -0.3 is 26.0 Å². The molecule has 40 heavy (non-hydrogen) atoms. The van der Waals surface area contributed by atoms with Crippen LogP contribution in [0.15, 0.2) is 17.3 Å². The van der Waals surface area contributed by atoms with Crippen LogP contribution in [0.5, 0.6) is 5.75 Å². The van der Waals surface area contributed by atoms with Crippen LogP contribution in [-0.4, -0.2) is 83.8 Å². The summed E-state index contributed by atoms with van der Waals surface area (Å²) in [6.07, 6.45) is 9.42. The predicted octanol–water partition coefficient (Wildman–Crippen LogP) is 3.20. The lowest BCUT2D eigenvalue weighted by Gasteiger charge is -2.34. The number of aliphatic imine (C=N–C) groups is 1. The zero-order valence-corrected chi connectivity index (χ0v) is 24.7. The van der Waals surface area contributed by atoms with Crippen LogP contribution in [-0.2, 0) is 4.79 Å². The molecule has 0 bridgehead atoms. The predicted molar refractivity (Wildman–Crippen MR) is 158 cm³/mol. The highest BCUT2D eigenvalue weighted by atomic mass is 16.5. The molecule has 3 amide bonds. The molecule has 3 atom stereocenters. The van der Waals surface area contributed by atoms with E-state index in [1.807, 2.05) is 23.3 Å². The van der Waals surface area contributed by atoms with Crippen LogP contribution >= 0.6 is 0 Å². The molecular weight excluding hydrogens is 506 g/mol. The van der Waals surface area contributed by atoms with Crippen molar-refractivity contribution in [2.45, 2.75) is 72.3 Å². The number of ether oxygens (including phenoxy) is 1. The molecule has 0 spiro atoms. The van der Waals surface area contributed by atoms with Gasteiger partial charge in [0.1, 0.15) is 17.4 Å². The van der Waals surface area contributed by atoms with Crippen molar-refractivity contribution in [2.24, 2.45) is 40.1 Å². The second-order valence-electron chi connectivity index (χ2n) is 12.2. The second-order valence-corrected chi connectivity index (χ2v) is 12.2. The van der Waals surface area contributed by atoms with Crippen molar-refractivity contribution in [3.63, 3.8) is 0 Å². The number of aryl methyl sites for hydroxylation is 1. The first-order valence-corrected chi connectivity index (χ1v) is 15.0. The lowest BCUT2D eigenvalue weighted by molar-refractivity contribution is -0.454. The van der Waals surface area contributed by atoms with E-state index in [0.29, 0.717) is 30.7 Å². The van der Waals surface area contributed by atoms with Crippen LogP contribution in [0, 0.1) is 30.6 Å². The number of nitrogens with two attached hydrogens (primary N) is 2. The molecule has 220 valence electrons. The number of nitrogens with zero attached hydrogens (tertiary/aromatic N) is 5. The molecule has 4 heterocycles. The van der Waals surface area contributed by atoms with Crippen molar-refractivity contribution in [1.82, 2.24) is 9.88 Å². The molecule has 4 rings (SSSR count). The van der Waals surface area contributed by atoms with Crippen molar-refractivity contribution >= 4 is 29.8 Å². The van der Waals surface area contributed by atoms with Gasteiger partial charge in [-0.1, -0.05) is 20.8 Å². The summed E-state index contributed by atoms with van der Waals surface area (Å²) in [5.41, 5.74) is 13.4. The third-order valence-electron chi connectivity index (χ3n) is 8.74. The van der Waals surface area contributed by atoms with Gasteiger partial charge in [-0.2, -0.15) is 9.57 Å². The summed E-state index contributed by atoms with van der Waals surface area (Å²) >= 11 is 0. The standard InChI is InChI=1S/C30H47N7O3/c1-20(2)28(32)34-30(39)35-12-8-23(9-13-35)21(3)10-14-40-25-15-22(4)29(33-16-25)37-18-24(26(31)19-37)17-36-11-6-5-7-27(36)38/h15-17,20-21,23-24,26H,5-14,18-19,31H2,1-4H3,(H-,32,34,39)/p+1. The van der Waals surface area contributed by atoms with Crippen LogP contribution in [0.25, 0.3) is 0 Å². The molecule has 0 aromatic carbocycles. The first-order chi connectivity index (χ1) is 19.1. The smallest absolute Gasteiger partial charge is 0.386 e. The Balaban J connectivity index is 1.23. The Morgan fingerprint density at radius 3 is 2.67 bits per heavy atom. The zero-order chi connectivity index (χ0) is 28.8. The Morgan fingerprint density at radius 2 is 2.00 bits per heavy atom. The maximum Gasteiger partial charge on any atom is 0.386 e. The number of urea groups is 1. The fraction of sp³-hybridized carbons (Fsp3) is 0.700. The molecule has 1 aromatic heterocycles. The van der Waals surface area contributed by atoms with Crippen molar-refractivity contribution in [3.8, 4) is 5.75 Å². The van der Waals surface area contributed by atoms with E-state index in [-0.39, 0.29) is 29.8 Å². The fourth-order valence-corrected chi connectivity index (χ4v) is 5.92. The number of amides is 3. The van der Waals surface area contributed by atoms with Gasteiger partial charge in [-0.25, -0.2) is 14.6 Å². The Bertz CT molecular complexity index is 1110. The molecule has 4 N–H and O–H groups in total. The monoisotopic (exact) mass is 554 g/mol. The maximum atomic E-state index is 12.4. The van der Waals surface area contributed by atoms with Crippen molar-refractivity contribution in [1.29, 1.82) is 0 Å². The van der Waals surface area contributed by atoms with E-state index in [1.165, 1.54) is 0 Å². The van der Waals surface area contributed by atoms with Gasteiger partial charge in [0.2, 0.25) is 0 Å². The van der Waals surface area contributed by atoms with Gasteiger partial charge in [0.05, 0.1) is 25.1 Å². The normalized spacial score (nSPS) is 24.7. The summed E-state index contributed by atoms with van der Waals surface area (Å²) < 4.78 is 7.97. The SMILES string of the molecule is Cc1cc(OCCC(C)C2CCN(C(=O)N=C(N)C(C)C)CC2)cnc1N1CC(N)C(C=[N+]2CCCCC2=O)C1. The number of hydrogen-bond acceptors (Lipinski definition) is 6. The van der Waals surface area contributed by atoms with Crippen LogP contribution in [0.4, 0.5) is 10.6 Å². The van der Waals surface area contributed by atoms with Crippen LogP contribution in [0.1, 0.15) is 64.9 Å². The average Bonchev–Trinajstić information content (AvgIpc) is 3.29. The molecule has 3 aliphatic rings. The number of amidine groups is 1. The number of carbonyl (C=O) groups is 2. The lowest BCUT2D eigenvalue weighted by Crippen LogP contribution is -2.39. The Hall–Kier alpha value is -3.01. The highest BCUT2D eigenvalue weighted by Gasteiger charge is 2.35. The Labute approximate surface area is 238 Å². The van der Waals surface area contributed by atoms with Crippen molar-refractivity contribution < 1.29 is 18.9 Å². The minimum Gasteiger partial charge on any atom is -0.492 e. The number of rotatable bonds is 8. The molecule has 3 unspecified atom stereocenters. The van der Waals surface area contributed by atoms with E-state index in [2.05, 4.69) is 36.0 Å². The van der Waals surface area contributed by atoms with E-state index in [4.69, 9.17) is 21.2 Å². The molecule has 0 saturated carbocycles. The first kappa shape index (κ1) is 30.0. The van der Waals surface area contributed by atoms with Crippen LogP contribution in [0.3, 0.4) is 0 Å². The summed E-state index contributed by atoms with van der Waals surface area (Å²) in [6, 6.07) is 1.81. The lowest BCUT2D eigenvalue weighted by atomic mass is 9.84. The Morgan fingerprint density at radius 1 is 1.25 bits per heavy atom. The number of carbonyl (C=O) groups excluding carboxylic acids is 2. The molecule has 10 heteroatoms. The summed E-state index contributed by atoms with van der Waals surface area (Å²) in [7, 11) is 0. The second kappa shape index (κ2) is 13.6. The van der Waals surface area contributed by atoms with E-state index in [0.717, 1.165) is 82.0 Å². The highest BCUT2D eigenvalue weighted by molar-refractivity contribution is 5.93. The number of aromatic nitrogens is 1. The number of pyridine rings is 1. The van der Waals surface area contributed by atoms with Gasteiger partial charge >= 0.3 is 11.9 Å². The van der Waals surface area contributed by atoms with E-state index in [9.17, 15) is 9.59 Å². The first-order valence-electron chi connectivity index (χ1n) is 15.0. The van der Waals surface area contributed by atoms with Crippen LogP contribution < -0.4 is 21.1 Å². The number of anilines is 1. The number of hydrogen-bond donors (Lipinski definition) is 2. The molecule has 0 aliphatic carbocycles. The molecule has 3 aliphatic heterocycles. The third-order valence-corrected chi connectivity index (χ3v) is 8.74. The highest BCUT2D eigenvalue weighted by Crippen LogP contribution is 2.29.